The molecule has 0 N–H and O–H groups in total. The summed E-state index contributed by atoms with van der Waals surface area (Å²) in [5, 5.41) is 0. The molecule has 0 bridgehead atoms. The molecule has 1 aliphatic heterocycles. The van der Waals surface area contributed by atoms with Gasteiger partial charge in [-0.25, -0.2) is 4.79 Å². The summed E-state index contributed by atoms with van der Waals surface area (Å²) in [5.41, 5.74) is 1.13. The van der Waals surface area contributed by atoms with Gasteiger partial charge < -0.3 is 9.64 Å². The lowest BCUT2D eigenvalue weighted by molar-refractivity contribution is -0.137. The van der Waals surface area contributed by atoms with Gasteiger partial charge in [0.15, 0.2) is 0 Å². The quantitative estimate of drug-likeness (QED) is 0.419. The van der Waals surface area contributed by atoms with Gasteiger partial charge in [-0.2, -0.15) is 0 Å². The average Bonchev–Trinajstić information content (AvgIpc) is 2.89. The number of carbonyl (C=O) groups is 1. The van der Waals surface area contributed by atoms with E-state index in [0.717, 1.165) is 18.8 Å². The molecule has 0 aliphatic carbocycles. The third-order valence-electron chi connectivity index (χ3n) is 3.77. The van der Waals surface area contributed by atoms with Crippen LogP contribution in [-0.2, 0) is 9.53 Å². The van der Waals surface area contributed by atoms with E-state index in [-0.39, 0.29) is 5.97 Å². The standard InChI is InChI=1S/C16H27NO2/c1-5-9-13(3)14(4)15(12-16(18)19-6-2)17-10-7-8-11-17/h5,9,12-14H,6-8,10-11H2,1-4H3/b9-5+,15-12-/t13-,14-/m1/s1. The van der Waals surface area contributed by atoms with E-state index < -0.39 is 0 Å². The Bertz CT molecular complexity index is 341. The molecule has 3 heteroatoms. The molecule has 1 rings (SSSR count). The van der Waals surface area contributed by atoms with Crippen molar-refractivity contribution < 1.29 is 9.53 Å². The van der Waals surface area contributed by atoms with Gasteiger partial charge in [-0.05, 0) is 32.6 Å². The Hall–Kier alpha value is -1.25. The van der Waals surface area contributed by atoms with Crippen LogP contribution in [-0.4, -0.2) is 30.6 Å². The van der Waals surface area contributed by atoms with Crippen molar-refractivity contribution in [1.82, 2.24) is 4.90 Å². The van der Waals surface area contributed by atoms with Crippen molar-refractivity contribution in [1.29, 1.82) is 0 Å². The monoisotopic (exact) mass is 265 g/mol. The number of ether oxygens (including phenoxy) is 1. The summed E-state index contributed by atoms with van der Waals surface area (Å²) < 4.78 is 5.06. The molecule has 0 amide bonds. The fourth-order valence-electron chi connectivity index (χ4n) is 2.53. The zero-order valence-corrected chi connectivity index (χ0v) is 12.7. The molecule has 0 radical (unpaired) electrons. The molecule has 0 saturated carbocycles. The van der Waals surface area contributed by atoms with Crippen molar-refractivity contribution in [2.45, 2.75) is 40.5 Å². The molecule has 0 spiro atoms. The van der Waals surface area contributed by atoms with Crippen molar-refractivity contribution in [3.63, 3.8) is 0 Å². The van der Waals surface area contributed by atoms with Gasteiger partial charge in [-0.1, -0.05) is 26.0 Å². The van der Waals surface area contributed by atoms with Crippen molar-refractivity contribution in [2.24, 2.45) is 11.8 Å². The van der Waals surface area contributed by atoms with Crippen LogP contribution in [0.2, 0.25) is 0 Å². The SMILES string of the molecule is C/C=C/[C@@H](C)[C@@H](C)/C(=C/C(=O)OCC)N1CCCC1. The highest BCUT2D eigenvalue weighted by Gasteiger charge is 2.23. The predicted octanol–water partition coefficient (Wildman–Crippen LogP) is 3.38. The maximum absolute atomic E-state index is 11.8. The molecule has 1 saturated heterocycles. The highest BCUT2D eigenvalue weighted by Crippen LogP contribution is 2.27. The summed E-state index contributed by atoms with van der Waals surface area (Å²) >= 11 is 0. The van der Waals surface area contributed by atoms with Crippen molar-refractivity contribution in [3.05, 3.63) is 23.9 Å². The Morgan fingerprint density at radius 1 is 1.32 bits per heavy atom. The van der Waals surface area contributed by atoms with E-state index in [0.29, 0.717) is 18.4 Å². The molecule has 108 valence electrons. The molecular formula is C16H27NO2. The zero-order valence-electron chi connectivity index (χ0n) is 12.7. The van der Waals surface area contributed by atoms with E-state index in [1.54, 1.807) is 6.08 Å². The van der Waals surface area contributed by atoms with E-state index in [4.69, 9.17) is 4.74 Å². The normalized spacial score (nSPS) is 19.8. The lowest BCUT2D eigenvalue weighted by atomic mass is 9.91. The second-order valence-electron chi connectivity index (χ2n) is 5.19. The second-order valence-corrected chi connectivity index (χ2v) is 5.19. The highest BCUT2D eigenvalue weighted by atomic mass is 16.5. The van der Waals surface area contributed by atoms with Gasteiger partial charge in [0, 0.05) is 30.8 Å². The molecule has 19 heavy (non-hydrogen) atoms. The Kier molecular flexibility index (Phi) is 6.68. The van der Waals surface area contributed by atoms with Crippen LogP contribution in [0.15, 0.2) is 23.9 Å². The van der Waals surface area contributed by atoms with Crippen LogP contribution in [0.25, 0.3) is 0 Å². The number of likely N-dealkylation sites (tertiary alicyclic amines) is 1. The smallest absolute Gasteiger partial charge is 0.332 e. The van der Waals surface area contributed by atoms with Gasteiger partial charge >= 0.3 is 5.97 Å². The number of nitrogens with zero attached hydrogens (tertiary/aromatic N) is 1. The van der Waals surface area contributed by atoms with Crippen LogP contribution in [0.1, 0.15) is 40.5 Å². The molecule has 0 aromatic rings. The summed E-state index contributed by atoms with van der Waals surface area (Å²) in [6.07, 6.45) is 8.39. The number of allylic oxidation sites excluding steroid dienone is 3. The number of esters is 1. The number of rotatable bonds is 6. The lowest BCUT2D eigenvalue weighted by Gasteiger charge is -2.29. The van der Waals surface area contributed by atoms with Crippen molar-refractivity contribution >= 4 is 5.97 Å². The van der Waals surface area contributed by atoms with Crippen LogP contribution < -0.4 is 0 Å². The van der Waals surface area contributed by atoms with E-state index in [1.807, 2.05) is 13.8 Å². The lowest BCUT2D eigenvalue weighted by Crippen LogP contribution is -2.27. The van der Waals surface area contributed by atoms with Gasteiger partial charge in [0.1, 0.15) is 0 Å². The third-order valence-corrected chi connectivity index (χ3v) is 3.77. The maximum atomic E-state index is 11.8. The summed E-state index contributed by atoms with van der Waals surface area (Å²) in [5.74, 6) is 0.536. The Labute approximate surface area is 117 Å². The molecular weight excluding hydrogens is 238 g/mol. The fourth-order valence-corrected chi connectivity index (χ4v) is 2.53. The second kappa shape index (κ2) is 8.03. The fraction of sp³-hybridized carbons (Fsp3) is 0.688. The van der Waals surface area contributed by atoms with Crippen LogP contribution in [0.5, 0.6) is 0 Å². The minimum atomic E-state index is -0.219. The first-order valence-electron chi connectivity index (χ1n) is 7.36. The molecule has 1 fully saturated rings. The van der Waals surface area contributed by atoms with E-state index in [2.05, 4.69) is 30.9 Å². The van der Waals surface area contributed by atoms with E-state index in [9.17, 15) is 4.79 Å². The summed E-state index contributed by atoms with van der Waals surface area (Å²) in [6, 6.07) is 0. The molecule has 0 aromatic heterocycles. The first-order chi connectivity index (χ1) is 9.10. The van der Waals surface area contributed by atoms with Crippen molar-refractivity contribution in [3.8, 4) is 0 Å². The van der Waals surface area contributed by atoms with E-state index in [1.165, 1.54) is 12.8 Å². The largest absolute Gasteiger partial charge is 0.463 e. The molecule has 0 unspecified atom stereocenters. The summed E-state index contributed by atoms with van der Waals surface area (Å²) in [4.78, 5) is 14.1. The average molecular weight is 265 g/mol. The summed E-state index contributed by atoms with van der Waals surface area (Å²) in [6.45, 7) is 10.8. The third kappa shape index (κ3) is 4.73. The van der Waals surface area contributed by atoms with Crippen LogP contribution in [0.4, 0.5) is 0 Å². The summed E-state index contributed by atoms with van der Waals surface area (Å²) in [7, 11) is 0. The molecule has 2 atom stereocenters. The predicted molar refractivity (Wildman–Crippen MR) is 78.7 cm³/mol. The Morgan fingerprint density at radius 3 is 2.47 bits per heavy atom. The Balaban J connectivity index is 2.87. The first kappa shape index (κ1) is 15.8. The van der Waals surface area contributed by atoms with Crippen LogP contribution in [0, 0.1) is 11.8 Å². The molecule has 0 aromatic carbocycles. The molecule has 1 heterocycles. The van der Waals surface area contributed by atoms with Crippen molar-refractivity contribution in [2.75, 3.05) is 19.7 Å². The van der Waals surface area contributed by atoms with Crippen LogP contribution >= 0.6 is 0 Å². The first-order valence-corrected chi connectivity index (χ1v) is 7.36. The molecule has 3 nitrogen and oxygen atoms in total. The van der Waals surface area contributed by atoms with Gasteiger partial charge in [0.25, 0.3) is 0 Å². The topological polar surface area (TPSA) is 29.5 Å². The zero-order chi connectivity index (χ0) is 14.3. The number of hydrogen-bond donors (Lipinski definition) is 0. The van der Waals surface area contributed by atoms with Gasteiger partial charge in [0.2, 0.25) is 0 Å². The number of hydrogen-bond acceptors (Lipinski definition) is 3. The Morgan fingerprint density at radius 2 is 1.95 bits per heavy atom. The molecule has 1 aliphatic rings. The minimum Gasteiger partial charge on any atom is -0.463 e. The van der Waals surface area contributed by atoms with Gasteiger partial charge in [-0.15, -0.1) is 0 Å². The van der Waals surface area contributed by atoms with Gasteiger partial charge in [-0.3, -0.25) is 0 Å². The highest BCUT2D eigenvalue weighted by molar-refractivity contribution is 5.82. The van der Waals surface area contributed by atoms with E-state index >= 15 is 0 Å². The van der Waals surface area contributed by atoms with Gasteiger partial charge in [0.05, 0.1) is 6.61 Å². The minimum absolute atomic E-state index is 0.219. The maximum Gasteiger partial charge on any atom is 0.332 e. The number of carbonyl (C=O) groups excluding carboxylic acids is 1. The van der Waals surface area contributed by atoms with Crippen LogP contribution in [0.3, 0.4) is 0 Å².